The quantitative estimate of drug-likeness (QED) is 0.911. The van der Waals surface area contributed by atoms with Crippen molar-refractivity contribution in [1.29, 1.82) is 0 Å². The van der Waals surface area contributed by atoms with E-state index < -0.39 is 0 Å². The average molecular weight is 267 g/mol. The predicted molar refractivity (Wildman–Crippen MR) is 77.9 cm³/mol. The zero-order chi connectivity index (χ0) is 14.8. The Morgan fingerprint density at radius 1 is 1.05 bits per heavy atom. The van der Waals surface area contributed by atoms with E-state index in [1.165, 1.54) is 0 Å². The highest BCUT2D eigenvalue weighted by Crippen LogP contribution is 2.27. The van der Waals surface area contributed by atoms with Crippen molar-refractivity contribution in [2.75, 3.05) is 0 Å². The van der Waals surface area contributed by atoms with Gasteiger partial charge in [0.15, 0.2) is 5.82 Å². The van der Waals surface area contributed by atoms with Crippen molar-refractivity contribution in [3.63, 3.8) is 0 Å². The van der Waals surface area contributed by atoms with Gasteiger partial charge in [0, 0.05) is 12.0 Å². The van der Waals surface area contributed by atoms with Crippen molar-refractivity contribution in [3.05, 3.63) is 11.6 Å². The Morgan fingerprint density at radius 2 is 1.58 bits per heavy atom. The number of aliphatic hydroxyl groups is 1. The van der Waals surface area contributed by atoms with Crippen LogP contribution in [0.15, 0.2) is 0 Å². The molecule has 110 valence electrons. The van der Waals surface area contributed by atoms with Crippen molar-refractivity contribution in [2.45, 2.75) is 73.5 Å². The molecule has 0 saturated heterocycles. The second-order valence-corrected chi connectivity index (χ2v) is 7.77. The summed E-state index contributed by atoms with van der Waals surface area (Å²) in [6.45, 7) is 15.3. The molecule has 1 aromatic heterocycles. The number of aliphatic hydroxyl groups excluding tert-OH is 1. The predicted octanol–water partition coefficient (Wildman–Crippen LogP) is 3.14. The molecule has 0 saturated carbocycles. The van der Waals surface area contributed by atoms with Crippen LogP contribution in [0, 0.1) is 11.3 Å². The maximum absolute atomic E-state index is 9.39. The second kappa shape index (κ2) is 5.61. The second-order valence-electron chi connectivity index (χ2n) is 7.77. The minimum Gasteiger partial charge on any atom is -0.388 e. The van der Waals surface area contributed by atoms with Crippen LogP contribution in [-0.2, 0) is 18.6 Å². The molecular weight excluding hydrogens is 238 g/mol. The number of hydrogen-bond donors (Lipinski definition) is 1. The van der Waals surface area contributed by atoms with Crippen molar-refractivity contribution in [3.8, 4) is 0 Å². The Hall–Kier alpha value is -0.900. The number of rotatable bonds is 4. The van der Waals surface area contributed by atoms with Crippen molar-refractivity contribution < 1.29 is 5.11 Å². The molecule has 1 N–H and O–H groups in total. The van der Waals surface area contributed by atoms with Crippen LogP contribution in [0.2, 0.25) is 0 Å². The highest BCUT2D eigenvalue weighted by Gasteiger charge is 2.24. The third-order valence-corrected chi connectivity index (χ3v) is 3.10. The van der Waals surface area contributed by atoms with Gasteiger partial charge in [-0.3, -0.25) is 0 Å². The SMILES string of the molecule is CC(Cc1nnc(CO)n1C(C)(C)C)CC(C)(C)C. The molecule has 4 heteroatoms. The van der Waals surface area contributed by atoms with Crippen LogP contribution in [0.3, 0.4) is 0 Å². The van der Waals surface area contributed by atoms with Crippen LogP contribution in [0.4, 0.5) is 0 Å². The van der Waals surface area contributed by atoms with E-state index >= 15 is 0 Å². The first-order valence-corrected chi connectivity index (χ1v) is 7.09. The molecule has 0 radical (unpaired) electrons. The van der Waals surface area contributed by atoms with Gasteiger partial charge in [0.05, 0.1) is 0 Å². The van der Waals surface area contributed by atoms with Crippen LogP contribution in [-0.4, -0.2) is 19.9 Å². The minimum absolute atomic E-state index is 0.0576. The summed E-state index contributed by atoms with van der Waals surface area (Å²) < 4.78 is 2.08. The molecule has 4 nitrogen and oxygen atoms in total. The van der Waals surface area contributed by atoms with E-state index in [-0.39, 0.29) is 12.1 Å². The fourth-order valence-electron chi connectivity index (χ4n) is 2.79. The van der Waals surface area contributed by atoms with Gasteiger partial charge < -0.3 is 9.67 Å². The molecule has 1 aromatic rings. The molecular formula is C15H29N3O. The number of hydrogen-bond acceptors (Lipinski definition) is 3. The van der Waals surface area contributed by atoms with Crippen LogP contribution in [0.5, 0.6) is 0 Å². The Labute approximate surface area is 117 Å². The van der Waals surface area contributed by atoms with Gasteiger partial charge in [0.2, 0.25) is 0 Å². The average Bonchev–Trinajstić information content (AvgIpc) is 2.56. The summed E-state index contributed by atoms with van der Waals surface area (Å²) in [6, 6.07) is 0. The fraction of sp³-hybridized carbons (Fsp3) is 0.867. The summed E-state index contributed by atoms with van der Waals surface area (Å²) >= 11 is 0. The molecule has 0 aliphatic carbocycles. The van der Waals surface area contributed by atoms with Crippen molar-refractivity contribution in [2.24, 2.45) is 11.3 Å². The highest BCUT2D eigenvalue weighted by atomic mass is 16.3. The molecule has 1 rings (SSSR count). The van der Waals surface area contributed by atoms with Crippen molar-refractivity contribution >= 4 is 0 Å². The van der Waals surface area contributed by atoms with Gasteiger partial charge in [0.1, 0.15) is 12.4 Å². The van der Waals surface area contributed by atoms with Crippen molar-refractivity contribution in [1.82, 2.24) is 14.8 Å². The van der Waals surface area contributed by atoms with E-state index in [0.29, 0.717) is 17.2 Å². The number of nitrogens with zero attached hydrogens (tertiary/aromatic N) is 3. The third-order valence-electron chi connectivity index (χ3n) is 3.10. The standard InChI is InChI=1S/C15H29N3O/c1-11(9-14(2,3)4)8-12-16-17-13(10-19)18(12)15(5,6)7/h11,19H,8-10H2,1-7H3. The van der Waals surface area contributed by atoms with Gasteiger partial charge in [-0.05, 0) is 38.5 Å². The minimum atomic E-state index is -0.0989. The molecule has 0 bridgehead atoms. The summed E-state index contributed by atoms with van der Waals surface area (Å²) in [6.07, 6.45) is 2.06. The summed E-state index contributed by atoms with van der Waals surface area (Å²) in [5.41, 5.74) is 0.226. The maximum atomic E-state index is 9.39. The Kier molecular flexibility index (Phi) is 4.77. The Morgan fingerprint density at radius 3 is 2.00 bits per heavy atom. The van der Waals surface area contributed by atoms with Gasteiger partial charge in [-0.15, -0.1) is 10.2 Å². The van der Waals surface area contributed by atoms with Gasteiger partial charge >= 0.3 is 0 Å². The normalized spacial score (nSPS) is 14.7. The molecule has 0 aliphatic heterocycles. The lowest BCUT2D eigenvalue weighted by Crippen LogP contribution is -2.27. The summed E-state index contributed by atoms with van der Waals surface area (Å²) in [4.78, 5) is 0. The lowest BCUT2D eigenvalue weighted by molar-refractivity contribution is 0.245. The molecule has 0 fully saturated rings. The molecule has 0 aromatic carbocycles. The first-order chi connectivity index (χ1) is 8.54. The lowest BCUT2D eigenvalue weighted by Gasteiger charge is -2.27. The van der Waals surface area contributed by atoms with Gasteiger partial charge in [-0.25, -0.2) is 0 Å². The number of aromatic nitrogens is 3. The molecule has 0 aliphatic rings. The van der Waals surface area contributed by atoms with Gasteiger partial charge in [-0.2, -0.15) is 0 Å². The largest absolute Gasteiger partial charge is 0.388 e. The van der Waals surface area contributed by atoms with Gasteiger partial charge in [0.25, 0.3) is 0 Å². The first kappa shape index (κ1) is 16.2. The monoisotopic (exact) mass is 267 g/mol. The smallest absolute Gasteiger partial charge is 0.159 e. The van der Waals surface area contributed by atoms with E-state index in [4.69, 9.17) is 0 Å². The van der Waals surface area contributed by atoms with Crippen LogP contribution in [0.25, 0.3) is 0 Å². The first-order valence-electron chi connectivity index (χ1n) is 7.09. The topological polar surface area (TPSA) is 50.9 Å². The van der Waals surface area contributed by atoms with E-state index in [2.05, 4.69) is 63.2 Å². The van der Waals surface area contributed by atoms with E-state index in [1.807, 2.05) is 0 Å². The zero-order valence-corrected chi connectivity index (χ0v) is 13.5. The van der Waals surface area contributed by atoms with Crippen LogP contribution < -0.4 is 0 Å². The maximum Gasteiger partial charge on any atom is 0.159 e. The highest BCUT2D eigenvalue weighted by molar-refractivity contribution is 5.01. The summed E-state index contributed by atoms with van der Waals surface area (Å²) in [5, 5.41) is 17.8. The lowest BCUT2D eigenvalue weighted by atomic mass is 9.84. The van der Waals surface area contributed by atoms with Gasteiger partial charge in [-0.1, -0.05) is 27.7 Å². The van der Waals surface area contributed by atoms with E-state index in [1.54, 1.807) is 0 Å². The molecule has 1 atom stereocenters. The Bertz CT molecular complexity index is 410. The molecule has 19 heavy (non-hydrogen) atoms. The van der Waals surface area contributed by atoms with E-state index in [0.717, 1.165) is 18.7 Å². The molecule has 1 heterocycles. The summed E-state index contributed by atoms with van der Waals surface area (Å²) in [7, 11) is 0. The summed E-state index contributed by atoms with van der Waals surface area (Å²) in [5.74, 6) is 2.19. The fourth-order valence-corrected chi connectivity index (χ4v) is 2.79. The molecule has 1 unspecified atom stereocenters. The third kappa shape index (κ3) is 4.60. The van der Waals surface area contributed by atoms with Crippen LogP contribution in [0.1, 0.15) is 66.5 Å². The van der Waals surface area contributed by atoms with Crippen LogP contribution >= 0.6 is 0 Å². The zero-order valence-electron chi connectivity index (χ0n) is 13.5. The Balaban J connectivity index is 2.93. The molecule has 0 amide bonds. The molecule has 0 spiro atoms. The van der Waals surface area contributed by atoms with E-state index in [9.17, 15) is 5.11 Å².